The monoisotopic (exact) mass is 276 g/mol. The lowest BCUT2D eigenvalue weighted by Crippen LogP contribution is -2.48. The van der Waals surface area contributed by atoms with Gasteiger partial charge in [0.1, 0.15) is 0 Å². The Morgan fingerprint density at radius 3 is 2.75 bits per heavy atom. The average molecular weight is 276 g/mol. The van der Waals surface area contributed by atoms with E-state index in [2.05, 4.69) is 4.90 Å². The molecule has 1 aliphatic rings. The zero-order chi connectivity index (χ0) is 14.5. The Balaban J connectivity index is 2.09. The summed E-state index contributed by atoms with van der Waals surface area (Å²) in [5.74, 6) is 0.134. The minimum Gasteiger partial charge on any atom is -0.399 e. The molecule has 2 atom stereocenters. The van der Waals surface area contributed by atoms with Crippen LogP contribution >= 0.6 is 0 Å². The molecule has 4 nitrogen and oxygen atoms in total. The lowest BCUT2D eigenvalue weighted by Gasteiger charge is -2.39. The number of anilines is 1. The first-order valence-electron chi connectivity index (χ1n) is 7.40. The molecule has 1 saturated heterocycles. The van der Waals surface area contributed by atoms with E-state index in [4.69, 9.17) is 5.73 Å². The second-order valence-corrected chi connectivity index (χ2v) is 5.56. The average Bonchev–Trinajstić information content (AvgIpc) is 2.47. The number of aliphatic hydroxyl groups excluding tert-OH is 1. The summed E-state index contributed by atoms with van der Waals surface area (Å²) >= 11 is 0. The Bertz CT molecular complexity index is 442. The van der Waals surface area contributed by atoms with Crippen molar-refractivity contribution in [3.8, 4) is 0 Å². The van der Waals surface area contributed by atoms with Gasteiger partial charge in [-0.15, -0.1) is 0 Å². The maximum Gasteiger partial charge on any atom is 0.179 e. The van der Waals surface area contributed by atoms with Crippen LogP contribution in [0.1, 0.15) is 43.0 Å². The van der Waals surface area contributed by atoms with Crippen LogP contribution in [-0.4, -0.2) is 41.0 Å². The molecule has 0 radical (unpaired) electrons. The van der Waals surface area contributed by atoms with Gasteiger partial charge in [0.25, 0.3) is 0 Å². The standard InChI is InChI=1S/C16H24N2O2/c1-12(16(20)13-5-7-14(17)8-6-13)18-10-3-2-4-15(18)9-11-19/h5-8,12,15,19H,2-4,9-11,17H2,1H3. The zero-order valence-electron chi connectivity index (χ0n) is 12.1. The van der Waals surface area contributed by atoms with Crippen molar-refractivity contribution < 1.29 is 9.90 Å². The van der Waals surface area contributed by atoms with Crippen LogP contribution in [0.3, 0.4) is 0 Å². The number of piperidine rings is 1. The zero-order valence-corrected chi connectivity index (χ0v) is 12.1. The van der Waals surface area contributed by atoms with Gasteiger partial charge in [-0.25, -0.2) is 0 Å². The maximum absolute atomic E-state index is 12.6. The van der Waals surface area contributed by atoms with E-state index in [1.165, 1.54) is 6.42 Å². The first-order valence-corrected chi connectivity index (χ1v) is 7.40. The van der Waals surface area contributed by atoms with Crippen molar-refractivity contribution in [1.82, 2.24) is 4.90 Å². The number of nitrogens with two attached hydrogens (primary N) is 1. The van der Waals surface area contributed by atoms with E-state index in [0.717, 1.165) is 25.8 Å². The van der Waals surface area contributed by atoms with E-state index >= 15 is 0 Å². The Kier molecular flexibility index (Phi) is 5.15. The fraction of sp³-hybridized carbons (Fsp3) is 0.562. The number of carbonyl (C=O) groups is 1. The van der Waals surface area contributed by atoms with Crippen molar-refractivity contribution in [2.75, 3.05) is 18.9 Å². The Morgan fingerprint density at radius 2 is 2.10 bits per heavy atom. The Morgan fingerprint density at radius 1 is 1.40 bits per heavy atom. The summed E-state index contributed by atoms with van der Waals surface area (Å²) in [5.41, 5.74) is 7.04. The summed E-state index contributed by atoms with van der Waals surface area (Å²) < 4.78 is 0. The van der Waals surface area contributed by atoms with Gasteiger partial charge in [-0.05, 0) is 57.0 Å². The van der Waals surface area contributed by atoms with Crippen LogP contribution in [0.15, 0.2) is 24.3 Å². The number of Topliss-reactive ketones (excluding diaryl/α,β-unsaturated/α-hetero) is 1. The molecule has 1 heterocycles. The van der Waals surface area contributed by atoms with Gasteiger partial charge < -0.3 is 10.8 Å². The first kappa shape index (κ1) is 15.0. The molecule has 1 fully saturated rings. The Hall–Kier alpha value is -1.39. The summed E-state index contributed by atoms with van der Waals surface area (Å²) in [6.45, 7) is 3.09. The minimum atomic E-state index is -0.143. The van der Waals surface area contributed by atoms with Gasteiger partial charge in [0.05, 0.1) is 6.04 Å². The molecule has 4 heteroatoms. The third kappa shape index (κ3) is 3.38. The van der Waals surface area contributed by atoms with Gasteiger partial charge in [-0.3, -0.25) is 9.69 Å². The van der Waals surface area contributed by atoms with Crippen molar-refractivity contribution in [2.45, 2.75) is 44.7 Å². The predicted octanol–water partition coefficient (Wildman–Crippen LogP) is 2.08. The number of carbonyl (C=O) groups excluding carboxylic acids is 1. The highest BCUT2D eigenvalue weighted by molar-refractivity contribution is 6.00. The molecule has 1 aromatic rings. The third-order valence-electron chi connectivity index (χ3n) is 4.21. The second kappa shape index (κ2) is 6.86. The largest absolute Gasteiger partial charge is 0.399 e. The Labute approximate surface area is 120 Å². The number of benzene rings is 1. The smallest absolute Gasteiger partial charge is 0.179 e. The van der Waals surface area contributed by atoms with E-state index in [-0.39, 0.29) is 18.4 Å². The number of hydrogen-bond donors (Lipinski definition) is 2. The van der Waals surface area contributed by atoms with Gasteiger partial charge in [-0.2, -0.15) is 0 Å². The number of ketones is 1. The van der Waals surface area contributed by atoms with Gasteiger partial charge in [0, 0.05) is 23.9 Å². The van der Waals surface area contributed by atoms with E-state index in [9.17, 15) is 9.90 Å². The molecular weight excluding hydrogens is 252 g/mol. The SMILES string of the molecule is CC(C(=O)c1ccc(N)cc1)N1CCCCC1CCO. The fourth-order valence-corrected chi connectivity index (χ4v) is 3.03. The molecule has 0 bridgehead atoms. The topological polar surface area (TPSA) is 66.6 Å². The van der Waals surface area contributed by atoms with Crippen molar-refractivity contribution in [3.63, 3.8) is 0 Å². The lowest BCUT2D eigenvalue weighted by atomic mass is 9.95. The summed E-state index contributed by atoms with van der Waals surface area (Å²) in [7, 11) is 0. The van der Waals surface area contributed by atoms with E-state index in [1.807, 2.05) is 6.92 Å². The number of nitrogen functional groups attached to an aromatic ring is 1. The second-order valence-electron chi connectivity index (χ2n) is 5.56. The summed E-state index contributed by atoms with van der Waals surface area (Å²) in [5, 5.41) is 9.18. The first-order chi connectivity index (χ1) is 9.63. The van der Waals surface area contributed by atoms with Gasteiger partial charge in [0.15, 0.2) is 5.78 Å². The van der Waals surface area contributed by atoms with Crippen LogP contribution in [-0.2, 0) is 0 Å². The predicted molar refractivity (Wildman–Crippen MR) is 80.7 cm³/mol. The molecule has 20 heavy (non-hydrogen) atoms. The van der Waals surface area contributed by atoms with Crippen molar-refractivity contribution >= 4 is 11.5 Å². The van der Waals surface area contributed by atoms with Crippen LogP contribution in [0.2, 0.25) is 0 Å². The molecule has 110 valence electrons. The number of hydrogen-bond acceptors (Lipinski definition) is 4. The molecule has 0 saturated carbocycles. The van der Waals surface area contributed by atoms with Crippen molar-refractivity contribution in [1.29, 1.82) is 0 Å². The van der Waals surface area contributed by atoms with Crippen molar-refractivity contribution in [3.05, 3.63) is 29.8 Å². The molecule has 0 aromatic heterocycles. The number of likely N-dealkylation sites (tertiary alicyclic amines) is 1. The number of nitrogens with zero attached hydrogens (tertiary/aromatic N) is 1. The molecule has 0 aliphatic carbocycles. The van der Waals surface area contributed by atoms with Gasteiger partial charge in [0.2, 0.25) is 0 Å². The molecule has 0 amide bonds. The summed E-state index contributed by atoms with van der Waals surface area (Å²) in [4.78, 5) is 14.8. The fourth-order valence-electron chi connectivity index (χ4n) is 3.03. The van der Waals surface area contributed by atoms with Crippen molar-refractivity contribution in [2.24, 2.45) is 0 Å². The van der Waals surface area contributed by atoms with E-state index < -0.39 is 0 Å². The highest BCUT2D eigenvalue weighted by Crippen LogP contribution is 2.23. The van der Waals surface area contributed by atoms with Crippen LogP contribution in [0.5, 0.6) is 0 Å². The van der Waals surface area contributed by atoms with Gasteiger partial charge in [-0.1, -0.05) is 6.42 Å². The lowest BCUT2D eigenvalue weighted by molar-refractivity contribution is 0.0604. The third-order valence-corrected chi connectivity index (χ3v) is 4.21. The van der Waals surface area contributed by atoms with E-state index in [0.29, 0.717) is 17.3 Å². The normalized spacial score (nSPS) is 21.6. The quantitative estimate of drug-likeness (QED) is 0.638. The van der Waals surface area contributed by atoms with Crippen LogP contribution in [0.4, 0.5) is 5.69 Å². The van der Waals surface area contributed by atoms with E-state index in [1.54, 1.807) is 24.3 Å². The highest BCUT2D eigenvalue weighted by atomic mass is 16.3. The van der Waals surface area contributed by atoms with Crippen LogP contribution < -0.4 is 5.73 Å². The molecule has 0 spiro atoms. The molecule has 3 N–H and O–H groups in total. The number of rotatable bonds is 5. The summed E-state index contributed by atoms with van der Waals surface area (Å²) in [6.07, 6.45) is 4.13. The minimum absolute atomic E-state index is 0.134. The summed E-state index contributed by atoms with van der Waals surface area (Å²) in [6, 6.07) is 7.29. The van der Waals surface area contributed by atoms with Crippen LogP contribution in [0.25, 0.3) is 0 Å². The molecule has 1 aromatic carbocycles. The molecular formula is C16H24N2O2. The molecule has 2 unspecified atom stereocenters. The highest BCUT2D eigenvalue weighted by Gasteiger charge is 2.30. The maximum atomic E-state index is 12.6. The molecule has 2 rings (SSSR count). The molecule has 1 aliphatic heterocycles. The number of aliphatic hydroxyl groups is 1. The van der Waals surface area contributed by atoms with Crippen LogP contribution in [0, 0.1) is 0 Å². The van der Waals surface area contributed by atoms with Gasteiger partial charge >= 0.3 is 0 Å².